The van der Waals surface area contributed by atoms with Gasteiger partial charge in [0, 0.05) is 19.1 Å². The highest BCUT2D eigenvalue weighted by Gasteiger charge is 2.26. The molecule has 2 heterocycles. The first-order valence-corrected chi connectivity index (χ1v) is 4.54. The average molecular weight is 207 g/mol. The average Bonchev–Trinajstić information content (AvgIpc) is 2.22. The molecule has 2 rings (SSSR count). The van der Waals surface area contributed by atoms with Crippen LogP contribution in [0.2, 0.25) is 0 Å². The maximum atomic E-state index is 10.8. The van der Waals surface area contributed by atoms with E-state index in [-0.39, 0.29) is 18.1 Å². The number of hydrogen-bond acceptors (Lipinski definition) is 4. The lowest BCUT2D eigenvalue weighted by atomic mass is 10.2. The van der Waals surface area contributed by atoms with Gasteiger partial charge in [0.1, 0.15) is 6.54 Å². The molecule has 1 aromatic rings. The summed E-state index contributed by atoms with van der Waals surface area (Å²) in [5.41, 5.74) is 3.54. The third-order valence-electron chi connectivity index (χ3n) is 2.04. The number of aliphatic hydroxyl groups excluding tert-OH is 1. The van der Waals surface area contributed by atoms with Crippen LogP contribution in [-0.2, 0) is 9.53 Å². The Balaban J connectivity index is 2.40. The summed E-state index contributed by atoms with van der Waals surface area (Å²) in [6.07, 6.45) is 1.77. The summed E-state index contributed by atoms with van der Waals surface area (Å²) in [4.78, 5) is 10.8. The maximum absolute atomic E-state index is 10.8. The summed E-state index contributed by atoms with van der Waals surface area (Å²) in [5.74, 6) is -0.207. The number of aromatic nitrogens is 1. The van der Waals surface area contributed by atoms with Gasteiger partial charge in [-0.3, -0.25) is 4.79 Å². The van der Waals surface area contributed by atoms with E-state index in [1.165, 1.54) is 6.92 Å². The number of ether oxygens (including phenoxy) is 1. The number of rotatable bonds is 1. The highest BCUT2D eigenvalue weighted by atomic mass is 16.5. The minimum atomic E-state index is -0.442. The Bertz CT molecular complexity index is 440. The zero-order valence-corrected chi connectivity index (χ0v) is 8.23. The van der Waals surface area contributed by atoms with Gasteiger partial charge in [-0.25, -0.2) is 0 Å². The van der Waals surface area contributed by atoms with E-state index in [0.29, 0.717) is 5.69 Å². The number of carbonyl (C=O) groups excluding carboxylic acids is 1. The second-order valence-electron chi connectivity index (χ2n) is 3.16. The first kappa shape index (κ1) is 9.51. The van der Waals surface area contributed by atoms with E-state index < -0.39 is 5.97 Å². The maximum Gasteiger partial charge on any atom is 0.307 e. The zero-order valence-electron chi connectivity index (χ0n) is 8.23. The van der Waals surface area contributed by atoms with Crippen molar-refractivity contribution in [3.63, 3.8) is 0 Å². The second-order valence-corrected chi connectivity index (χ2v) is 3.16. The van der Waals surface area contributed by atoms with Crippen LogP contribution < -0.4 is 10.1 Å². The molecule has 2 N–H and O–H groups in total. The van der Waals surface area contributed by atoms with E-state index in [4.69, 9.17) is 4.74 Å². The number of nitrogens with zero attached hydrogens (tertiary/aromatic N) is 1. The molecule has 0 spiro atoms. The van der Waals surface area contributed by atoms with Gasteiger partial charge in [-0.05, 0) is 6.07 Å². The first-order valence-electron chi connectivity index (χ1n) is 4.54. The van der Waals surface area contributed by atoms with Crippen molar-refractivity contribution in [1.82, 2.24) is 0 Å². The smallest absolute Gasteiger partial charge is 0.307 e. The van der Waals surface area contributed by atoms with Crippen LogP contribution in [0.3, 0.4) is 0 Å². The van der Waals surface area contributed by atoms with Crippen molar-refractivity contribution in [2.24, 2.45) is 0 Å². The summed E-state index contributed by atoms with van der Waals surface area (Å²) < 4.78 is 6.54. The van der Waals surface area contributed by atoms with E-state index in [9.17, 15) is 9.90 Å². The summed E-state index contributed by atoms with van der Waals surface area (Å²) in [7, 11) is 0. The summed E-state index contributed by atoms with van der Waals surface area (Å²) in [6.45, 7) is 1.58. The van der Waals surface area contributed by atoms with E-state index in [2.05, 4.69) is 5.43 Å². The standard InChI is InChI=1S/C10H10N2O3/c1-7(13)15-9-6-11-12-5-3-2-4-8(12)10(9)14/h2-5,11H,6H2,1H3/p+1. The molecule has 1 aliphatic rings. The lowest BCUT2D eigenvalue weighted by Crippen LogP contribution is -2.51. The van der Waals surface area contributed by atoms with Crippen LogP contribution in [0.25, 0.3) is 5.76 Å². The molecule has 0 bridgehead atoms. The van der Waals surface area contributed by atoms with Crippen LogP contribution in [0, 0.1) is 0 Å². The van der Waals surface area contributed by atoms with Gasteiger partial charge in [0.25, 0.3) is 5.69 Å². The fourth-order valence-corrected chi connectivity index (χ4v) is 1.42. The van der Waals surface area contributed by atoms with Crippen LogP contribution >= 0.6 is 0 Å². The summed E-state index contributed by atoms with van der Waals surface area (Å²) in [6, 6.07) is 5.35. The van der Waals surface area contributed by atoms with Gasteiger partial charge in [0.05, 0.1) is 0 Å². The van der Waals surface area contributed by atoms with Crippen LogP contribution in [-0.4, -0.2) is 17.6 Å². The summed E-state index contributed by atoms with van der Waals surface area (Å²) >= 11 is 0. The Morgan fingerprint density at radius 2 is 2.40 bits per heavy atom. The normalized spacial score (nSPS) is 14.2. The molecule has 5 nitrogen and oxygen atoms in total. The number of fused-ring (bicyclic) bond motifs is 1. The SMILES string of the molecule is CC(=O)OC1=C(O)c2cccc[n+]2NC1. The van der Waals surface area contributed by atoms with Crippen LogP contribution in [0.4, 0.5) is 0 Å². The van der Waals surface area contributed by atoms with E-state index >= 15 is 0 Å². The monoisotopic (exact) mass is 207 g/mol. The molecule has 78 valence electrons. The molecule has 0 aliphatic carbocycles. The lowest BCUT2D eigenvalue weighted by Gasteiger charge is -2.14. The van der Waals surface area contributed by atoms with E-state index in [0.717, 1.165) is 0 Å². The van der Waals surface area contributed by atoms with Crippen molar-refractivity contribution in [3.8, 4) is 0 Å². The van der Waals surface area contributed by atoms with Gasteiger partial charge in [0.2, 0.25) is 5.76 Å². The molecule has 1 aromatic heterocycles. The Labute approximate surface area is 86.6 Å². The molecular formula is C10H11N2O3+. The minimum Gasteiger partial charge on any atom is -0.500 e. The molecule has 0 fully saturated rings. The topological polar surface area (TPSA) is 62.4 Å². The Morgan fingerprint density at radius 1 is 1.60 bits per heavy atom. The number of nitrogens with one attached hydrogen (secondary N) is 1. The van der Waals surface area contributed by atoms with Crippen molar-refractivity contribution < 1.29 is 19.3 Å². The Morgan fingerprint density at radius 3 is 3.13 bits per heavy atom. The zero-order chi connectivity index (χ0) is 10.8. The fourth-order valence-electron chi connectivity index (χ4n) is 1.42. The fraction of sp³-hybridized carbons (Fsp3) is 0.200. The van der Waals surface area contributed by atoms with Gasteiger partial charge in [-0.2, -0.15) is 5.43 Å². The lowest BCUT2D eigenvalue weighted by molar-refractivity contribution is -0.654. The van der Waals surface area contributed by atoms with Crippen molar-refractivity contribution in [2.45, 2.75) is 6.92 Å². The molecule has 0 aromatic carbocycles. The van der Waals surface area contributed by atoms with Gasteiger partial charge in [0.15, 0.2) is 12.0 Å². The van der Waals surface area contributed by atoms with Crippen molar-refractivity contribution in [2.75, 3.05) is 12.0 Å². The van der Waals surface area contributed by atoms with E-state index in [1.807, 2.05) is 6.07 Å². The quantitative estimate of drug-likeness (QED) is 0.514. The van der Waals surface area contributed by atoms with Gasteiger partial charge < -0.3 is 9.84 Å². The van der Waals surface area contributed by atoms with Crippen molar-refractivity contribution >= 4 is 11.7 Å². The summed E-state index contributed by atoms with van der Waals surface area (Å²) in [5, 5.41) is 9.81. The molecule has 0 saturated carbocycles. The Kier molecular flexibility index (Phi) is 2.29. The molecule has 0 amide bonds. The van der Waals surface area contributed by atoms with Crippen molar-refractivity contribution in [3.05, 3.63) is 35.8 Å². The number of carbonyl (C=O) groups is 1. The highest BCUT2D eigenvalue weighted by molar-refractivity contribution is 5.70. The molecule has 5 heteroatoms. The predicted molar refractivity (Wildman–Crippen MR) is 52.2 cm³/mol. The van der Waals surface area contributed by atoms with Crippen LogP contribution in [0.1, 0.15) is 12.6 Å². The molecule has 0 atom stereocenters. The minimum absolute atomic E-state index is 0.00968. The van der Waals surface area contributed by atoms with Crippen molar-refractivity contribution in [1.29, 1.82) is 0 Å². The third kappa shape index (κ3) is 1.76. The van der Waals surface area contributed by atoms with Gasteiger partial charge in [-0.15, -0.1) is 0 Å². The Hall–Kier alpha value is -2.04. The third-order valence-corrected chi connectivity index (χ3v) is 2.04. The van der Waals surface area contributed by atoms with Gasteiger partial charge >= 0.3 is 5.97 Å². The van der Waals surface area contributed by atoms with Gasteiger partial charge in [-0.1, -0.05) is 4.68 Å². The van der Waals surface area contributed by atoms with E-state index in [1.54, 1.807) is 23.0 Å². The first-order chi connectivity index (χ1) is 7.18. The second kappa shape index (κ2) is 3.61. The number of esters is 1. The molecule has 15 heavy (non-hydrogen) atoms. The molecule has 0 saturated heterocycles. The predicted octanol–water partition coefficient (Wildman–Crippen LogP) is 0.321. The number of pyridine rings is 1. The highest BCUT2D eigenvalue weighted by Crippen LogP contribution is 2.15. The largest absolute Gasteiger partial charge is 0.500 e. The molecule has 1 aliphatic heterocycles. The van der Waals surface area contributed by atoms with Crippen LogP contribution in [0.5, 0.6) is 0 Å². The molecule has 0 radical (unpaired) electrons. The number of aliphatic hydroxyl groups is 1. The molecular weight excluding hydrogens is 196 g/mol. The molecule has 0 unspecified atom stereocenters. The number of hydrogen-bond donors (Lipinski definition) is 2. The van der Waals surface area contributed by atoms with Crippen LogP contribution in [0.15, 0.2) is 30.2 Å².